The number of benzene rings is 1. The van der Waals surface area contributed by atoms with Gasteiger partial charge in [0.1, 0.15) is 25.2 Å². The van der Waals surface area contributed by atoms with Crippen molar-refractivity contribution >= 4 is 36.0 Å². The number of hydrogen-bond acceptors (Lipinski definition) is 9. The molecule has 4 N–H and O–H groups in total. The number of fused-ring (bicyclic) bond motifs is 1. The normalized spacial score (nSPS) is 12.1. The van der Waals surface area contributed by atoms with Crippen LogP contribution in [0.5, 0.6) is 0 Å². The van der Waals surface area contributed by atoms with Crippen LogP contribution in [0.25, 0.3) is 0 Å². The molecule has 11 nitrogen and oxygen atoms in total. The van der Waals surface area contributed by atoms with Gasteiger partial charge in [0, 0.05) is 39.4 Å². The fourth-order valence-corrected chi connectivity index (χ4v) is 3.14. The molecule has 0 saturated heterocycles. The van der Waals surface area contributed by atoms with E-state index in [4.69, 9.17) is 14.9 Å². The third-order valence-corrected chi connectivity index (χ3v) is 4.82. The second-order valence-corrected chi connectivity index (χ2v) is 7.66. The third-order valence-electron chi connectivity index (χ3n) is 4.82. The van der Waals surface area contributed by atoms with E-state index in [9.17, 15) is 24.0 Å². The molecule has 1 aromatic carbocycles. The van der Waals surface area contributed by atoms with Gasteiger partial charge in [-0.1, -0.05) is 33.8 Å². The number of anilines is 1. The van der Waals surface area contributed by atoms with Gasteiger partial charge < -0.3 is 35.2 Å². The summed E-state index contributed by atoms with van der Waals surface area (Å²) in [5, 5.41) is 21.2. The summed E-state index contributed by atoms with van der Waals surface area (Å²) in [5.74, 6) is -0.995. The first-order chi connectivity index (χ1) is 17.8. The van der Waals surface area contributed by atoms with E-state index in [-0.39, 0.29) is 43.7 Å². The zero-order valence-electron chi connectivity index (χ0n) is 22.8. The van der Waals surface area contributed by atoms with Gasteiger partial charge in [-0.15, -0.1) is 0 Å². The lowest BCUT2D eigenvalue weighted by Crippen LogP contribution is -2.48. The minimum absolute atomic E-state index is 0.0567. The molecule has 1 heterocycles. The number of imide groups is 1. The number of carbonyl (C=O) groups excluding carboxylic acids is 5. The van der Waals surface area contributed by atoms with Crippen LogP contribution in [0.3, 0.4) is 0 Å². The average Bonchev–Trinajstić information content (AvgIpc) is 3.18. The number of carbonyl (C=O) groups is 5. The zero-order valence-corrected chi connectivity index (χ0v) is 22.8. The van der Waals surface area contributed by atoms with Crippen LogP contribution in [-0.2, 0) is 19.1 Å². The third kappa shape index (κ3) is 12.1. The SMILES string of the molecule is CC.CC(C)CCOCC=O.CNC(=O)C(CCC=O)N1C(=O)c2cccc(NCCO)c2C1=O.CO. The lowest BCUT2D eigenvalue weighted by Gasteiger charge is -2.24. The van der Waals surface area contributed by atoms with Gasteiger partial charge in [0.05, 0.1) is 17.7 Å². The summed E-state index contributed by atoms with van der Waals surface area (Å²) >= 11 is 0. The molecule has 0 aliphatic carbocycles. The van der Waals surface area contributed by atoms with Crippen molar-refractivity contribution in [3.63, 3.8) is 0 Å². The molecule has 37 heavy (non-hydrogen) atoms. The van der Waals surface area contributed by atoms with Gasteiger partial charge >= 0.3 is 0 Å². The number of hydrogen-bond donors (Lipinski definition) is 4. The predicted octanol–water partition coefficient (Wildman–Crippen LogP) is 1.66. The van der Waals surface area contributed by atoms with Gasteiger partial charge in [-0.3, -0.25) is 19.3 Å². The molecule has 0 spiro atoms. The fraction of sp³-hybridized carbons (Fsp3) is 0.577. The number of nitrogens with one attached hydrogen (secondary N) is 2. The Labute approximate surface area is 219 Å². The van der Waals surface area contributed by atoms with Crippen molar-refractivity contribution in [3.05, 3.63) is 29.3 Å². The Hall–Kier alpha value is -3.15. The van der Waals surface area contributed by atoms with Gasteiger partial charge in [0.15, 0.2) is 0 Å². The molecule has 2 rings (SSSR count). The monoisotopic (exact) mass is 525 g/mol. The Kier molecular flexibility index (Phi) is 21.5. The van der Waals surface area contributed by atoms with Crippen LogP contribution in [-0.4, -0.2) is 92.0 Å². The summed E-state index contributed by atoms with van der Waals surface area (Å²) in [5.41, 5.74) is 0.798. The van der Waals surface area contributed by atoms with Crippen molar-refractivity contribution in [2.24, 2.45) is 5.92 Å². The van der Waals surface area contributed by atoms with Gasteiger partial charge in [0.25, 0.3) is 11.8 Å². The molecule has 0 bridgehead atoms. The van der Waals surface area contributed by atoms with E-state index in [0.717, 1.165) is 24.7 Å². The van der Waals surface area contributed by atoms with Crippen molar-refractivity contribution in [1.82, 2.24) is 10.2 Å². The van der Waals surface area contributed by atoms with Gasteiger partial charge in [-0.05, 0) is 30.9 Å². The maximum absolute atomic E-state index is 12.8. The van der Waals surface area contributed by atoms with Crippen molar-refractivity contribution < 1.29 is 38.9 Å². The first-order valence-electron chi connectivity index (χ1n) is 12.3. The Morgan fingerprint density at radius 3 is 2.24 bits per heavy atom. The molecular weight excluding hydrogens is 482 g/mol. The van der Waals surface area contributed by atoms with E-state index >= 15 is 0 Å². The van der Waals surface area contributed by atoms with Crippen molar-refractivity contribution in [3.8, 4) is 0 Å². The molecule has 1 aromatic rings. The standard InChI is InChI=1S/C16H19N3O5.C7H14O2.C2H6.CH4O/c1-17-14(22)12(6-3-8-20)19-15(23)10-4-2-5-11(18-7-9-21)13(10)16(19)24;1-7(2)3-5-9-6-4-8;2*1-2/h2,4-5,8,12,18,21H,3,6-7,9H2,1H3,(H,17,22);4,7H,3,5-6H2,1-2H3;1-2H3;2H,1H3. The second kappa shape index (κ2) is 22.1. The van der Waals surface area contributed by atoms with Crippen molar-refractivity contribution in [2.45, 2.75) is 53.0 Å². The molecule has 3 amide bonds. The molecule has 0 aromatic heterocycles. The van der Waals surface area contributed by atoms with Crippen LogP contribution in [0.15, 0.2) is 18.2 Å². The maximum Gasteiger partial charge on any atom is 0.264 e. The number of aliphatic hydroxyl groups excluding tert-OH is 2. The number of rotatable bonds is 13. The minimum atomic E-state index is -1.04. The number of likely N-dealkylation sites (N-methyl/N-ethyl adjacent to an activating group) is 1. The Morgan fingerprint density at radius 2 is 1.73 bits per heavy atom. The number of amides is 3. The molecule has 11 heteroatoms. The van der Waals surface area contributed by atoms with Crippen molar-refractivity contribution in [2.75, 3.05) is 45.8 Å². The highest BCUT2D eigenvalue weighted by molar-refractivity contribution is 6.25. The summed E-state index contributed by atoms with van der Waals surface area (Å²) in [6.45, 7) is 9.30. The summed E-state index contributed by atoms with van der Waals surface area (Å²) in [4.78, 5) is 58.7. The number of nitrogens with zero attached hydrogens (tertiary/aromatic N) is 1. The van der Waals surface area contributed by atoms with E-state index < -0.39 is 23.8 Å². The zero-order chi connectivity index (χ0) is 28.8. The quantitative estimate of drug-likeness (QED) is 0.170. The lowest BCUT2D eigenvalue weighted by atomic mass is 10.1. The molecule has 1 aliphatic rings. The summed E-state index contributed by atoms with van der Waals surface area (Å²) in [6, 6.07) is 3.72. The minimum Gasteiger partial charge on any atom is -0.400 e. The fourth-order valence-electron chi connectivity index (χ4n) is 3.14. The Morgan fingerprint density at radius 1 is 1.08 bits per heavy atom. The molecule has 1 atom stereocenters. The highest BCUT2D eigenvalue weighted by atomic mass is 16.5. The molecule has 1 unspecified atom stereocenters. The number of ether oxygens (including phenoxy) is 1. The van der Waals surface area contributed by atoms with Gasteiger partial charge in [0.2, 0.25) is 5.91 Å². The van der Waals surface area contributed by atoms with E-state index in [1.807, 2.05) is 13.8 Å². The molecule has 1 aliphatic heterocycles. The molecule has 0 saturated carbocycles. The van der Waals surface area contributed by atoms with Crippen LogP contribution in [0.4, 0.5) is 5.69 Å². The van der Waals surface area contributed by atoms with Crippen LogP contribution < -0.4 is 10.6 Å². The summed E-state index contributed by atoms with van der Waals surface area (Å²) < 4.78 is 4.93. The van der Waals surface area contributed by atoms with E-state index in [0.29, 0.717) is 24.5 Å². The highest BCUT2D eigenvalue weighted by Gasteiger charge is 2.43. The number of aliphatic hydroxyl groups is 2. The van der Waals surface area contributed by atoms with Crippen LogP contribution in [0.2, 0.25) is 0 Å². The summed E-state index contributed by atoms with van der Waals surface area (Å²) in [7, 11) is 2.41. The molecule has 210 valence electrons. The van der Waals surface area contributed by atoms with Crippen LogP contribution in [0, 0.1) is 5.92 Å². The lowest BCUT2D eigenvalue weighted by molar-refractivity contribution is -0.124. The molecular formula is C26H43N3O8. The van der Waals surface area contributed by atoms with Crippen LogP contribution in [0.1, 0.15) is 67.7 Å². The molecule has 0 fully saturated rings. The Balaban J connectivity index is 0. The predicted molar refractivity (Wildman–Crippen MR) is 141 cm³/mol. The van der Waals surface area contributed by atoms with E-state index in [1.54, 1.807) is 12.1 Å². The maximum atomic E-state index is 12.8. The van der Waals surface area contributed by atoms with E-state index in [2.05, 4.69) is 24.5 Å². The first kappa shape index (κ1) is 36.0. The average molecular weight is 526 g/mol. The second-order valence-electron chi connectivity index (χ2n) is 7.66. The van der Waals surface area contributed by atoms with Gasteiger partial charge in [-0.2, -0.15) is 0 Å². The largest absolute Gasteiger partial charge is 0.400 e. The first-order valence-corrected chi connectivity index (χ1v) is 12.3. The van der Waals surface area contributed by atoms with E-state index in [1.165, 1.54) is 13.1 Å². The topological polar surface area (TPSA) is 162 Å². The van der Waals surface area contributed by atoms with Gasteiger partial charge in [-0.25, -0.2) is 0 Å². The van der Waals surface area contributed by atoms with Crippen molar-refractivity contribution in [1.29, 1.82) is 0 Å². The Bertz CT molecular complexity index is 830. The number of aldehydes is 2. The smallest absolute Gasteiger partial charge is 0.264 e. The molecule has 0 radical (unpaired) electrons. The highest BCUT2D eigenvalue weighted by Crippen LogP contribution is 2.31. The van der Waals surface area contributed by atoms with Crippen LogP contribution >= 0.6 is 0 Å². The summed E-state index contributed by atoms with van der Waals surface area (Å²) in [6.07, 6.45) is 2.58.